The third-order valence-electron chi connectivity index (χ3n) is 3.98. The molecule has 4 nitrogen and oxygen atoms in total. The van der Waals surface area contributed by atoms with E-state index in [9.17, 15) is 0 Å². The lowest BCUT2D eigenvalue weighted by atomic mass is 10.2. The lowest BCUT2D eigenvalue weighted by Gasteiger charge is -2.08. The van der Waals surface area contributed by atoms with Gasteiger partial charge in [-0.1, -0.05) is 81.5 Å². The first-order valence-electron chi connectivity index (χ1n) is 11.4. The summed E-state index contributed by atoms with van der Waals surface area (Å²) in [5, 5.41) is 16.0. The van der Waals surface area contributed by atoms with Crippen LogP contribution in [0, 0.1) is 0 Å². The van der Waals surface area contributed by atoms with Crippen molar-refractivity contribution >= 4 is 0 Å². The molecule has 0 bridgehead atoms. The normalized spacial score (nSPS) is 19.1. The Bertz CT molecular complexity index is 464. The van der Waals surface area contributed by atoms with Gasteiger partial charge in [-0.3, -0.25) is 0 Å². The predicted molar refractivity (Wildman–Crippen MR) is 129 cm³/mol. The second-order valence-electron chi connectivity index (χ2n) is 6.34. The van der Waals surface area contributed by atoms with Crippen LogP contribution in [0.1, 0.15) is 72.1 Å². The largest absolute Gasteiger partial charge is 0.400 e. The van der Waals surface area contributed by atoms with Crippen molar-refractivity contribution in [2.24, 2.45) is 0 Å². The van der Waals surface area contributed by atoms with Crippen molar-refractivity contribution in [2.75, 3.05) is 20.3 Å². The van der Waals surface area contributed by atoms with Gasteiger partial charge in [-0.05, 0) is 51.4 Å². The van der Waals surface area contributed by atoms with Crippen molar-refractivity contribution in [3.8, 4) is 0 Å². The van der Waals surface area contributed by atoms with Crippen molar-refractivity contribution in [2.45, 2.75) is 84.5 Å². The van der Waals surface area contributed by atoms with Gasteiger partial charge in [0.05, 0.1) is 13.2 Å². The van der Waals surface area contributed by atoms with Crippen LogP contribution in [0.15, 0.2) is 60.8 Å². The molecule has 2 unspecified atom stereocenters. The first kappa shape index (κ1) is 30.7. The van der Waals surface area contributed by atoms with E-state index in [2.05, 4.69) is 67.7 Å². The molecular weight excluding hydrogens is 376 g/mol. The lowest BCUT2D eigenvalue weighted by molar-refractivity contribution is -0.0697. The van der Waals surface area contributed by atoms with Gasteiger partial charge in [0.1, 0.15) is 6.10 Å². The Morgan fingerprint density at radius 1 is 0.767 bits per heavy atom. The Labute approximate surface area is 185 Å². The minimum Gasteiger partial charge on any atom is -0.400 e. The molecule has 0 aromatic heterocycles. The number of ether oxygens (including phenoxy) is 2. The molecule has 0 aromatic carbocycles. The number of hydrogen-bond donors (Lipinski definition) is 2. The van der Waals surface area contributed by atoms with Crippen molar-refractivity contribution < 1.29 is 19.7 Å². The molecule has 0 aromatic rings. The number of allylic oxidation sites excluding steroid dienone is 10. The van der Waals surface area contributed by atoms with Gasteiger partial charge < -0.3 is 19.7 Å². The van der Waals surface area contributed by atoms with Crippen LogP contribution in [-0.4, -0.2) is 42.9 Å². The van der Waals surface area contributed by atoms with Crippen LogP contribution in [0.3, 0.4) is 0 Å². The Balaban J connectivity index is 0. The molecule has 30 heavy (non-hydrogen) atoms. The Morgan fingerprint density at radius 3 is 1.67 bits per heavy atom. The monoisotopic (exact) mass is 422 g/mol. The van der Waals surface area contributed by atoms with Crippen molar-refractivity contribution in [1.82, 2.24) is 0 Å². The number of aliphatic hydroxyl groups excluding tert-OH is 2. The molecule has 1 aliphatic heterocycles. The lowest BCUT2D eigenvalue weighted by Crippen LogP contribution is -2.16. The standard InChI is InChI=1S/C23H36O3.C2H6.CH4O/c1-2-3-4-5-6-7-8-9-10-11-12-13-14-15-16-17-18-19-23-25-21-22(20-24)26-23;2*1-2/h3-4,6-7,9-10,12-13,15-16,22-24H,2,5,8,11,14,17-21H2,1H3;1-2H3;2H,1H3/b4-3-,7-6-,10-9-,13-12-,16-15-;;. The third kappa shape index (κ3) is 21.3. The van der Waals surface area contributed by atoms with Gasteiger partial charge in [0.15, 0.2) is 6.29 Å². The van der Waals surface area contributed by atoms with Gasteiger partial charge in [0, 0.05) is 7.11 Å². The number of rotatable bonds is 14. The predicted octanol–water partition coefficient (Wildman–Crippen LogP) is 6.28. The van der Waals surface area contributed by atoms with Crippen LogP contribution in [0.2, 0.25) is 0 Å². The van der Waals surface area contributed by atoms with Crippen LogP contribution in [-0.2, 0) is 9.47 Å². The quantitative estimate of drug-likeness (QED) is 0.256. The highest BCUT2D eigenvalue weighted by atomic mass is 16.7. The Kier molecular flexibility index (Phi) is 28.2. The molecule has 1 saturated heterocycles. The van der Waals surface area contributed by atoms with Crippen LogP contribution in [0.25, 0.3) is 0 Å². The van der Waals surface area contributed by atoms with Crippen molar-refractivity contribution in [1.29, 1.82) is 0 Å². The van der Waals surface area contributed by atoms with E-state index in [4.69, 9.17) is 19.7 Å². The van der Waals surface area contributed by atoms with Gasteiger partial charge in [-0.15, -0.1) is 0 Å². The fourth-order valence-corrected chi connectivity index (χ4v) is 2.53. The maximum atomic E-state index is 8.97. The summed E-state index contributed by atoms with van der Waals surface area (Å²) in [4.78, 5) is 0. The molecule has 2 N–H and O–H groups in total. The van der Waals surface area contributed by atoms with Crippen LogP contribution in [0.4, 0.5) is 0 Å². The van der Waals surface area contributed by atoms with Crippen LogP contribution >= 0.6 is 0 Å². The van der Waals surface area contributed by atoms with E-state index in [-0.39, 0.29) is 19.0 Å². The van der Waals surface area contributed by atoms with E-state index in [0.29, 0.717) is 6.61 Å². The molecule has 4 heteroatoms. The molecule has 1 heterocycles. The zero-order valence-electron chi connectivity index (χ0n) is 19.7. The van der Waals surface area contributed by atoms with E-state index in [1.807, 2.05) is 13.8 Å². The highest BCUT2D eigenvalue weighted by Gasteiger charge is 2.24. The van der Waals surface area contributed by atoms with E-state index >= 15 is 0 Å². The summed E-state index contributed by atoms with van der Waals surface area (Å²) < 4.78 is 11.0. The van der Waals surface area contributed by atoms with Crippen molar-refractivity contribution in [3.63, 3.8) is 0 Å². The second-order valence-corrected chi connectivity index (χ2v) is 6.34. The summed E-state index contributed by atoms with van der Waals surface area (Å²) in [5.41, 5.74) is 0. The first-order chi connectivity index (χ1) is 14.9. The molecule has 0 aliphatic carbocycles. The molecule has 1 aliphatic rings. The number of unbranched alkanes of at least 4 members (excludes halogenated alkanes) is 1. The fraction of sp³-hybridized carbons (Fsp3) is 0.615. The summed E-state index contributed by atoms with van der Waals surface area (Å²) in [6.45, 7) is 6.72. The van der Waals surface area contributed by atoms with E-state index in [1.54, 1.807) is 0 Å². The average Bonchev–Trinajstić information content (AvgIpc) is 3.26. The van der Waals surface area contributed by atoms with Gasteiger partial charge in [0.2, 0.25) is 0 Å². The molecule has 0 amide bonds. The zero-order chi connectivity index (χ0) is 22.7. The average molecular weight is 423 g/mol. The smallest absolute Gasteiger partial charge is 0.158 e. The SMILES string of the molecule is CC.CC/C=C\C/C=C\C/C=C\C/C=C\C/C=C\CCCC1OCC(CO)O1.CO. The topological polar surface area (TPSA) is 58.9 Å². The summed E-state index contributed by atoms with van der Waals surface area (Å²) in [6, 6.07) is 0. The highest BCUT2D eigenvalue weighted by Crippen LogP contribution is 2.16. The fourth-order valence-electron chi connectivity index (χ4n) is 2.53. The molecule has 2 atom stereocenters. The van der Waals surface area contributed by atoms with E-state index in [1.165, 1.54) is 0 Å². The Hall–Kier alpha value is -1.46. The minimum absolute atomic E-state index is 0.0469. The molecule has 0 radical (unpaired) electrons. The third-order valence-corrected chi connectivity index (χ3v) is 3.98. The molecular formula is C26H46O4. The van der Waals surface area contributed by atoms with Gasteiger partial charge in [0.25, 0.3) is 0 Å². The first-order valence-corrected chi connectivity index (χ1v) is 11.4. The summed E-state index contributed by atoms with van der Waals surface area (Å²) in [7, 11) is 1.00. The second kappa shape index (κ2) is 27.5. The molecule has 0 spiro atoms. The molecule has 1 fully saturated rings. The summed E-state index contributed by atoms with van der Waals surface area (Å²) in [6.07, 6.45) is 30.0. The van der Waals surface area contributed by atoms with Gasteiger partial charge in [-0.2, -0.15) is 0 Å². The number of hydrogen-bond acceptors (Lipinski definition) is 4. The van der Waals surface area contributed by atoms with Crippen LogP contribution < -0.4 is 0 Å². The van der Waals surface area contributed by atoms with Gasteiger partial charge >= 0.3 is 0 Å². The zero-order valence-corrected chi connectivity index (χ0v) is 19.7. The Morgan fingerprint density at radius 2 is 1.23 bits per heavy atom. The summed E-state index contributed by atoms with van der Waals surface area (Å²) in [5.74, 6) is 0. The highest BCUT2D eigenvalue weighted by molar-refractivity contribution is 5.00. The maximum Gasteiger partial charge on any atom is 0.158 e. The van der Waals surface area contributed by atoms with Gasteiger partial charge in [-0.25, -0.2) is 0 Å². The molecule has 174 valence electrons. The number of aliphatic hydroxyl groups is 2. The van der Waals surface area contributed by atoms with E-state index in [0.717, 1.165) is 58.5 Å². The minimum atomic E-state index is -0.131. The maximum absolute atomic E-state index is 8.97. The van der Waals surface area contributed by atoms with Crippen LogP contribution in [0.5, 0.6) is 0 Å². The molecule has 1 rings (SSSR count). The van der Waals surface area contributed by atoms with E-state index < -0.39 is 0 Å². The van der Waals surface area contributed by atoms with Crippen molar-refractivity contribution in [3.05, 3.63) is 60.8 Å². The molecule has 0 saturated carbocycles. The summed E-state index contributed by atoms with van der Waals surface area (Å²) >= 11 is 0.